The maximum Gasteiger partial charge on any atom is 0.416 e. The van der Waals surface area contributed by atoms with E-state index in [1.165, 1.54) is 34.6 Å². The second-order valence-electron chi connectivity index (χ2n) is 7.14. The van der Waals surface area contributed by atoms with Crippen LogP contribution in [0.4, 0.5) is 24.5 Å². The molecule has 2 aromatic carbocycles. The third-order valence-corrected chi connectivity index (χ3v) is 5.12. The summed E-state index contributed by atoms with van der Waals surface area (Å²) in [7, 11) is 0. The Hall–Kier alpha value is -3.67. The fraction of sp³-hybridized carbons (Fsp3) is 0.300. The number of nitro groups is 1. The molecule has 0 aliphatic carbocycles. The number of hydroxylamine groups is 1. The van der Waals surface area contributed by atoms with Gasteiger partial charge in [0.15, 0.2) is 0 Å². The Labute approximate surface area is 180 Å². The van der Waals surface area contributed by atoms with E-state index in [0.717, 1.165) is 18.2 Å². The van der Waals surface area contributed by atoms with E-state index in [4.69, 9.17) is 5.21 Å². The van der Waals surface area contributed by atoms with Gasteiger partial charge in [-0.2, -0.15) is 13.2 Å². The summed E-state index contributed by atoms with van der Waals surface area (Å²) in [5.74, 6) is -1.24. The van der Waals surface area contributed by atoms with Gasteiger partial charge in [-0.1, -0.05) is 18.2 Å². The number of nitrogens with one attached hydrogen (secondary N) is 1. The lowest BCUT2D eigenvalue weighted by atomic mass is 10.1. The van der Waals surface area contributed by atoms with Crippen molar-refractivity contribution >= 4 is 23.2 Å². The maximum atomic E-state index is 12.9. The molecule has 12 heteroatoms. The Morgan fingerprint density at radius 3 is 2.38 bits per heavy atom. The van der Waals surface area contributed by atoms with Crippen LogP contribution < -0.4 is 10.4 Å². The monoisotopic (exact) mass is 452 g/mol. The lowest BCUT2D eigenvalue weighted by Gasteiger charge is -2.36. The second kappa shape index (κ2) is 9.22. The zero-order valence-electron chi connectivity index (χ0n) is 16.6. The largest absolute Gasteiger partial charge is 0.416 e. The van der Waals surface area contributed by atoms with Crippen LogP contribution in [-0.2, 0) is 17.4 Å². The molecular weight excluding hydrogens is 433 g/mol. The van der Waals surface area contributed by atoms with Crippen LogP contribution in [0.3, 0.4) is 0 Å². The van der Waals surface area contributed by atoms with Crippen LogP contribution in [0.15, 0.2) is 42.5 Å². The molecule has 3 rings (SSSR count). The quantitative estimate of drug-likeness (QED) is 0.409. The summed E-state index contributed by atoms with van der Waals surface area (Å²) in [5, 5.41) is 19.9. The molecule has 0 atom stereocenters. The maximum absolute atomic E-state index is 12.9. The van der Waals surface area contributed by atoms with Gasteiger partial charge >= 0.3 is 6.18 Å². The number of nitro benzene ring substituents is 1. The van der Waals surface area contributed by atoms with E-state index in [-0.39, 0.29) is 55.3 Å². The van der Waals surface area contributed by atoms with Crippen molar-refractivity contribution in [2.24, 2.45) is 0 Å². The molecule has 1 aliphatic heterocycles. The van der Waals surface area contributed by atoms with E-state index in [0.29, 0.717) is 5.69 Å². The van der Waals surface area contributed by atoms with E-state index in [2.05, 4.69) is 0 Å². The third kappa shape index (κ3) is 5.14. The van der Waals surface area contributed by atoms with Crippen molar-refractivity contribution in [2.45, 2.75) is 12.6 Å². The number of rotatable bonds is 5. The first-order chi connectivity index (χ1) is 15.1. The van der Waals surface area contributed by atoms with E-state index >= 15 is 0 Å². The molecule has 9 nitrogen and oxygen atoms in total. The fourth-order valence-electron chi connectivity index (χ4n) is 3.50. The number of alkyl halides is 3. The minimum Gasteiger partial charge on any atom is -0.367 e. The van der Waals surface area contributed by atoms with Crippen molar-refractivity contribution in [3.8, 4) is 0 Å². The van der Waals surface area contributed by atoms with Gasteiger partial charge in [-0.15, -0.1) is 0 Å². The molecule has 0 spiro atoms. The van der Waals surface area contributed by atoms with E-state index < -0.39 is 22.6 Å². The highest BCUT2D eigenvalue weighted by atomic mass is 19.4. The highest BCUT2D eigenvalue weighted by Gasteiger charge is 2.31. The normalized spacial score (nSPS) is 14.2. The van der Waals surface area contributed by atoms with Crippen LogP contribution in [0, 0.1) is 10.1 Å². The molecule has 1 aliphatic rings. The standard InChI is InChI=1S/C20H19F3N4O5/c21-20(22,23)14-3-1-2-13(10-14)11-18(28)26-8-6-25(7-9-26)17-5-4-15(27(31)32)12-16(17)19(29)24-30/h1-5,10,12,30H,6-9,11H2,(H,24,29). The first-order valence-corrected chi connectivity index (χ1v) is 9.52. The molecule has 0 saturated carbocycles. The number of carbonyl (C=O) groups is 2. The van der Waals surface area contributed by atoms with Gasteiger partial charge in [0.25, 0.3) is 11.6 Å². The molecule has 1 saturated heterocycles. The number of nitrogens with zero attached hydrogens (tertiary/aromatic N) is 3. The predicted octanol–water partition coefficient (Wildman–Crippen LogP) is 2.62. The molecule has 0 unspecified atom stereocenters. The average Bonchev–Trinajstić information content (AvgIpc) is 2.77. The molecule has 0 aromatic heterocycles. The van der Waals surface area contributed by atoms with Gasteiger partial charge in [0.2, 0.25) is 5.91 Å². The highest BCUT2D eigenvalue weighted by molar-refractivity contribution is 6.00. The minimum absolute atomic E-state index is 0.0922. The van der Waals surface area contributed by atoms with E-state index in [1.54, 1.807) is 4.90 Å². The molecule has 2 aromatic rings. The number of non-ortho nitro benzene ring substituents is 1. The van der Waals surface area contributed by atoms with Gasteiger partial charge in [0, 0.05) is 38.3 Å². The molecule has 2 N–H and O–H groups in total. The number of amides is 2. The first kappa shape index (κ1) is 23.0. The summed E-state index contributed by atoms with van der Waals surface area (Å²) in [6.45, 7) is 1.07. The van der Waals surface area contributed by atoms with Gasteiger partial charge in [-0.3, -0.25) is 24.9 Å². The number of hydrogen-bond donors (Lipinski definition) is 2. The molecular formula is C20H19F3N4O5. The van der Waals surface area contributed by atoms with Crippen molar-refractivity contribution in [1.82, 2.24) is 10.4 Å². The van der Waals surface area contributed by atoms with Crippen LogP contribution in [0.25, 0.3) is 0 Å². The number of benzene rings is 2. The van der Waals surface area contributed by atoms with Crippen LogP contribution >= 0.6 is 0 Å². The summed E-state index contributed by atoms with van der Waals surface area (Å²) in [6, 6.07) is 8.27. The Bertz CT molecular complexity index is 1040. The summed E-state index contributed by atoms with van der Waals surface area (Å²) in [5.41, 5.74) is 0.843. The van der Waals surface area contributed by atoms with Gasteiger partial charge < -0.3 is 9.80 Å². The summed E-state index contributed by atoms with van der Waals surface area (Å²) in [4.78, 5) is 38.1. The van der Waals surface area contributed by atoms with Crippen molar-refractivity contribution in [2.75, 3.05) is 31.1 Å². The number of hydrogen-bond acceptors (Lipinski definition) is 6. The van der Waals surface area contributed by atoms with E-state index in [9.17, 15) is 32.9 Å². The number of anilines is 1. The van der Waals surface area contributed by atoms with Crippen LogP contribution in [0.2, 0.25) is 0 Å². The topological polar surface area (TPSA) is 116 Å². The smallest absolute Gasteiger partial charge is 0.367 e. The Morgan fingerprint density at radius 2 is 1.78 bits per heavy atom. The SMILES string of the molecule is O=C(NO)c1cc([N+](=O)[O-])ccc1N1CCN(C(=O)Cc2cccc(C(F)(F)F)c2)CC1. The van der Waals surface area contributed by atoms with Crippen molar-refractivity contribution in [3.05, 3.63) is 69.3 Å². The minimum atomic E-state index is -4.49. The van der Waals surface area contributed by atoms with E-state index in [1.807, 2.05) is 0 Å². The molecule has 0 radical (unpaired) electrons. The van der Waals surface area contributed by atoms with Crippen LogP contribution in [0.5, 0.6) is 0 Å². The first-order valence-electron chi connectivity index (χ1n) is 9.52. The fourth-order valence-corrected chi connectivity index (χ4v) is 3.50. The van der Waals surface area contributed by atoms with Gasteiger partial charge in [-0.05, 0) is 17.7 Å². The summed E-state index contributed by atoms with van der Waals surface area (Å²) >= 11 is 0. The van der Waals surface area contributed by atoms with Crippen molar-refractivity contribution in [3.63, 3.8) is 0 Å². The average molecular weight is 452 g/mol. The lowest BCUT2D eigenvalue weighted by Crippen LogP contribution is -2.49. The molecule has 0 bridgehead atoms. The molecule has 2 amide bonds. The van der Waals surface area contributed by atoms with Gasteiger partial charge in [-0.25, -0.2) is 5.48 Å². The molecule has 32 heavy (non-hydrogen) atoms. The lowest BCUT2D eigenvalue weighted by molar-refractivity contribution is -0.384. The summed E-state index contributed by atoms with van der Waals surface area (Å²) in [6.07, 6.45) is -4.67. The molecule has 1 heterocycles. The zero-order valence-corrected chi connectivity index (χ0v) is 16.6. The molecule has 1 fully saturated rings. The number of halogens is 3. The predicted molar refractivity (Wildman–Crippen MR) is 106 cm³/mol. The Morgan fingerprint density at radius 1 is 1.09 bits per heavy atom. The third-order valence-electron chi connectivity index (χ3n) is 5.12. The Kier molecular flexibility index (Phi) is 6.63. The van der Waals surface area contributed by atoms with Gasteiger partial charge in [0.1, 0.15) is 0 Å². The van der Waals surface area contributed by atoms with Crippen LogP contribution in [0.1, 0.15) is 21.5 Å². The van der Waals surface area contributed by atoms with Crippen molar-refractivity contribution < 1.29 is 32.9 Å². The summed E-state index contributed by atoms with van der Waals surface area (Å²) < 4.78 is 38.6. The highest BCUT2D eigenvalue weighted by Crippen LogP contribution is 2.30. The van der Waals surface area contributed by atoms with Gasteiger partial charge in [0.05, 0.1) is 28.2 Å². The number of piperazine rings is 1. The molecule has 170 valence electrons. The second-order valence-corrected chi connectivity index (χ2v) is 7.14. The van der Waals surface area contributed by atoms with Crippen LogP contribution in [-0.4, -0.2) is 53.0 Å². The number of carbonyl (C=O) groups excluding carboxylic acids is 2. The Balaban J connectivity index is 1.68. The van der Waals surface area contributed by atoms with Crippen molar-refractivity contribution in [1.29, 1.82) is 0 Å². The zero-order chi connectivity index (χ0) is 23.5.